The molecule has 3 amide bonds. The highest BCUT2D eigenvalue weighted by atomic mass is 16.5. The van der Waals surface area contributed by atoms with Crippen molar-refractivity contribution < 1.29 is 28.7 Å². The summed E-state index contributed by atoms with van der Waals surface area (Å²) in [5.74, 6) is -1.33. The molecule has 2 fully saturated rings. The first kappa shape index (κ1) is 21.9. The van der Waals surface area contributed by atoms with Crippen molar-refractivity contribution in [3.8, 4) is 11.5 Å². The van der Waals surface area contributed by atoms with Crippen LogP contribution in [0.1, 0.15) is 19.3 Å². The number of esters is 1. The van der Waals surface area contributed by atoms with Crippen molar-refractivity contribution in [2.24, 2.45) is 17.8 Å². The van der Waals surface area contributed by atoms with Gasteiger partial charge in [0.25, 0.3) is 0 Å². The topological polar surface area (TPSA) is 93.2 Å². The number of imide groups is 1. The number of benzene rings is 2. The van der Waals surface area contributed by atoms with Gasteiger partial charge in [0.1, 0.15) is 11.5 Å². The molecule has 2 aromatic carbocycles. The van der Waals surface area contributed by atoms with E-state index in [-0.39, 0.29) is 42.5 Å². The summed E-state index contributed by atoms with van der Waals surface area (Å²) >= 11 is 0. The van der Waals surface area contributed by atoms with Crippen LogP contribution < -0.4 is 19.3 Å². The molecule has 34 heavy (non-hydrogen) atoms. The van der Waals surface area contributed by atoms with E-state index in [9.17, 15) is 19.2 Å². The van der Waals surface area contributed by atoms with Crippen LogP contribution in [0, 0.1) is 17.8 Å². The molecule has 3 atom stereocenters. The number of allylic oxidation sites excluding steroid dienone is 2. The van der Waals surface area contributed by atoms with Crippen LogP contribution in [-0.4, -0.2) is 37.3 Å². The fraction of sp³-hybridized carbons (Fsp3) is 0.308. The van der Waals surface area contributed by atoms with Gasteiger partial charge in [0.15, 0.2) is 0 Å². The first-order valence-electron chi connectivity index (χ1n) is 11.2. The van der Waals surface area contributed by atoms with E-state index in [1.807, 2.05) is 12.2 Å². The van der Waals surface area contributed by atoms with Crippen LogP contribution in [0.25, 0.3) is 0 Å². The predicted octanol–water partition coefficient (Wildman–Crippen LogP) is 3.11. The van der Waals surface area contributed by atoms with Crippen molar-refractivity contribution in [3.63, 3.8) is 0 Å². The molecule has 0 radical (unpaired) electrons. The van der Waals surface area contributed by atoms with Gasteiger partial charge < -0.3 is 14.4 Å². The average molecular weight is 460 g/mol. The predicted molar refractivity (Wildman–Crippen MR) is 123 cm³/mol. The number of amides is 3. The third kappa shape index (κ3) is 3.85. The minimum Gasteiger partial charge on any atom is -0.497 e. The van der Waals surface area contributed by atoms with Crippen LogP contribution in [-0.2, 0) is 19.2 Å². The van der Waals surface area contributed by atoms with Crippen molar-refractivity contribution >= 4 is 35.1 Å². The molecule has 2 aliphatic heterocycles. The molecule has 2 heterocycles. The third-order valence-electron chi connectivity index (χ3n) is 6.64. The Morgan fingerprint density at radius 3 is 2.21 bits per heavy atom. The summed E-state index contributed by atoms with van der Waals surface area (Å²) in [6.07, 6.45) is 5.10. The van der Waals surface area contributed by atoms with E-state index in [0.29, 0.717) is 35.7 Å². The van der Waals surface area contributed by atoms with Gasteiger partial charge >= 0.3 is 5.97 Å². The number of anilines is 2. The number of ether oxygens (including phenoxy) is 2. The maximum absolute atomic E-state index is 12.7. The number of nitrogens with zero attached hydrogens (tertiary/aromatic N) is 2. The Kier molecular flexibility index (Phi) is 5.65. The van der Waals surface area contributed by atoms with Crippen molar-refractivity contribution in [1.29, 1.82) is 0 Å². The maximum atomic E-state index is 12.7. The molecule has 0 aromatic heterocycles. The Morgan fingerprint density at radius 2 is 1.56 bits per heavy atom. The summed E-state index contributed by atoms with van der Waals surface area (Å²) in [4.78, 5) is 53.5. The summed E-state index contributed by atoms with van der Waals surface area (Å²) < 4.78 is 10.7. The van der Waals surface area contributed by atoms with E-state index in [0.717, 1.165) is 0 Å². The lowest BCUT2D eigenvalue weighted by molar-refractivity contribution is -0.139. The molecule has 0 unspecified atom stereocenters. The highest BCUT2D eigenvalue weighted by molar-refractivity contribution is 6.22. The van der Waals surface area contributed by atoms with Crippen molar-refractivity contribution in [1.82, 2.24) is 0 Å². The number of hydrogen-bond acceptors (Lipinski definition) is 6. The summed E-state index contributed by atoms with van der Waals surface area (Å²) in [6, 6.07) is 13.4. The smallest absolute Gasteiger partial charge is 0.316 e. The minimum atomic E-state index is -0.601. The molecule has 174 valence electrons. The van der Waals surface area contributed by atoms with Crippen LogP contribution in [0.4, 0.5) is 11.4 Å². The Labute approximate surface area is 196 Å². The van der Waals surface area contributed by atoms with Gasteiger partial charge in [-0.1, -0.05) is 18.2 Å². The van der Waals surface area contributed by atoms with Crippen LogP contribution in [0.5, 0.6) is 11.5 Å². The molecular formula is C26H24N2O6. The maximum Gasteiger partial charge on any atom is 0.316 e. The van der Waals surface area contributed by atoms with Gasteiger partial charge in [0, 0.05) is 24.7 Å². The second-order valence-corrected chi connectivity index (χ2v) is 8.69. The fourth-order valence-electron chi connectivity index (χ4n) is 4.81. The van der Waals surface area contributed by atoms with Crippen LogP contribution in [0.2, 0.25) is 0 Å². The molecular weight excluding hydrogens is 436 g/mol. The molecule has 0 saturated carbocycles. The highest BCUT2D eigenvalue weighted by Crippen LogP contribution is 2.38. The molecule has 2 aromatic rings. The number of methoxy groups -OCH3 is 1. The lowest BCUT2D eigenvalue weighted by Gasteiger charge is -2.17. The van der Waals surface area contributed by atoms with Gasteiger partial charge in [-0.2, -0.15) is 0 Å². The third-order valence-corrected chi connectivity index (χ3v) is 6.64. The Bertz CT molecular complexity index is 1160. The summed E-state index contributed by atoms with van der Waals surface area (Å²) in [5, 5.41) is 0. The van der Waals surface area contributed by atoms with E-state index in [1.54, 1.807) is 60.5 Å². The van der Waals surface area contributed by atoms with Crippen LogP contribution >= 0.6 is 0 Å². The first-order valence-corrected chi connectivity index (χ1v) is 11.2. The molecule has 3 aliphatic rings. The second-order valence-electron chi connectivity index (χ2n) is 8.69. The second kappa shape index (κ2) is 8.78. The monoisotopic (exact) mass is 460 g/mol. The number of fused-ring (bicyclic) bond motifs is 1. The average Bonchev–Trinajstić information content (AvgIpc) is 3.37. The summed E-state index contributed by atoms with van der Waals surface area (Å²) in [7, 11) is 1.55. The van der Waals surface area contributed by atoms with Gasteiger partial charge in [0.2, 0.25) is 17.7 Å². The zero-order valence-electron chi connectivity index (χ0n) is 18.7. The molecule has 0 bridgehead atoms. The van der Waals surface area contributed by atoms with Crippen molar-refractivity contribution in [2.45, 2.75) is 19.3 Å². The normalized spacial score (nSPS) is 23.9. The standard InChI is InChI=1S/C26H24N2O6/c1-33-20-6-4-5-18(14-20)27-15-16(13-23(27)29)26(32)34-19-11-9-17(10-12-19)28-24(30)21-7-2-3-8-22(21)25(28)31/h2-6,9-12,14,16,21-22H,7-8,13,15H2,1H3/t16-,21+,22+/m1/s1. The Morgan fingerprint density at radius 1 is 0.882 bits per heavy atom. The number of carbonyl (C=O) groups is 4. The molecule has 1 aliphatic carbocycles. The zero-order chi connectivity index (χ0) is 23.8. The fourth-order valence-corrected chi connectivity index (χ4v) is 4.81. The van der Waals surface area contributed by atoms with Gasteiger partial charge in [-0.25, -0.2) is 0 Å². The van der Waals surface area contributed by atoms with E-state index in [2.05, 4.69) is 0 Å². The molecule has 2 saturated heterocycles. The first-order chi connectivity index (χ1) is 16.5. The van der Waals surface area contributed by atoms with E-state index >= 15 is 0 Å². The Balaban J connectivity index is 1.24. The molecule has 8 heteroatoms. The number of rotatable bonds is 5. The molecule has 8 nitrogen and oxygen atoms in total. The Hall–Kier alpha value is -3.94. The molecule has 0 spiro atoms. The number of hydrogen-bond donors (Lipinski definition) is 0. The van der Waals surface area contributed by atoms with Crippen molar-refractivity contribution in [3.05, 3.63) is 60.7 Å². The van der Waals surface area contributed by atoms with Crippen LogP contribution in [0.15, 0.2) is 60.7 Å². The zero-order valence-corrected chi connectivity index (χ0v) is 18.7. The lowest BCUT2D eigenvalue weighted by atomic mass is 9.85. The van der Waals surface area contributed by atoms with E-state index < -0.39 is 11.9 Å². The SMILES string of the molecule is COc1cccc(N2C[C@H](C(=O)Oc3ccc(N4C(=O)[C@H]5CC=CC[C@@H]5C4=O)cc3)CC2=O)c1. The summed E-state index contributed by atoms with van der Waals surface area (Å²) in [6.45, 7) is 0.219. The van der Waals surface area contributed by atoms with Gasteiger partial charge in [-0.05, 0) is 49.2 Å². The summed E-state index contributed by atoms with van der Waals surface area (Å²) in [5.41, 5.74) is 1.13. The van der Waals surface area contributed by atoms with E-state index in [1.165, 1.54) is 4.90 Å². The van der Waals surface area contributed by atoms with Gasteiger partial charge in [0.05, 0.1) is 30.6 Å². The largest absolute Gasteiger partial charge is 0.497 e. The van der Waals surface area contributed by atoms with Crippen LogP contribution in [0.3, 0.4) is 0 Å². The minimum absolute atomic E-state index is 0.0573. The number of carbonyl (C=O) groups excluding carboxylic acids is 4. The lowest BCUT2D eigenvalue weighted by Crippen LogP contribution is -2.30. The highest BCUT2D eigenvalue weighted by Gasteiger charge is 2.47. The molecule has 5 rings (SSSR count). The van der Waals surface area contributed by atoms with Gasteiger partial charge in [-0.15, -0.1) is 0 Å². The molecule has 0 N–H and O–H groups in total. The van der Waals surface area contributed by atoms with Crippen molar-refractivity contribution in [2.75, 3.05) is 23.5 Å². The van der Waals surface area contributed by atoms with E-state index in [4.69, 9.17) is 9.47 Å². The quantitative estimate of drug-likeness (QED) is 0.295. The van der Waals surface area contributed by atoms with Gasteiger partial charge in [-0.3, -0.25) is 24.1 Å².